The van der Waals surface area contributed by atoms with E-state index in [0.717, 1.165) is 0 Å². The van der Waals surface area contributed by atoms with Crippen molar-refractivity contribution >= 4 is 71.7 Å². The van der Waals surface area contributed by atoms with Crippen molar-refractivity contribution in [3.8, 4) is 0 Å². The summed E-state index contributed by atoms with van der Waals surface area (Å²) in [5, 5.41) is 0. The topological polar surface area (TPSA) is 133 Å². The SMILES string of the molecule is CN1c2ccc(C=O)c(n2)N(C)c2ccc(C=O)c(n2)N(C)c2ccc(C=O)c(n2)N(C)c2nc1ccc2C=O. The van der Waals surface area contributed by atoms with Gasteiger partial charge in [0.1, 0.15) is 46.5 Å². The van der Waals surface area contributed by atoms with E-state index in [1.54, 1.807) is 96.3 Å². The number of carbonyl (C=O) groups excluding carboxylic acids is 4. The molecule has 0 amide bonds. The van der Waals surface area contributed by atoms with Gasteiger partial charge in [-0.25, -0.2) is 19.9 Å². The average molecular weight is 537 g/mol. The van der Waals surface area contributed by atoms with Crippen LogP contribution in [0.5, 0.6) is 0 Å². The number of pyridine rings is 4. The third-order valence-corrected chi connectivity index (χ3v) is 6.72. The molecule has 12 heteroatoms. The quantitative estimate of drug-likeness (QED) is 0.350. The Morgan fingerprint density at radius 2 is 0.650 bits per heavy atom. The highest BCUT2D eigenvalue weighted by atomic mass is 16.1. The third-order valence-electron chi connectivity index (χ3n) is 6.72. The van der Waals surface area contributed by atoms with Crippen molar-refractivity contribution in [1.82, 2.24) is 19.9 Å². The first-order valence-corrected chi connectivity index (χ1v) is 12.1. The molecule has 0 unspecified atom stereocenters. The van der Waals surface area contributed by atoms with Crippen LogP contribution >= 0.6 is 0 Å². The molecule has 1 aliphatic heterocycles. The number of aldehydes is 4. The molecule has 8 bridgehead atoms. The Morgan fingerprint density at radius 1 is 0.400 bits per heavy atom. The van der Waals surface area contributed by atoms with E-state index in [-0.39, 0.29) is 22.8 Å². The highest BCUT2D eigenvalue weighted by Gasteiger charge is 2.23. The van der Waals surface area contributed by atoms with Crippen LogP contribution < -0.4 is 19.6 Å². The lowest BCUT2D eigenvalue weighted by molar-refractivity contribution is 0.111. The van der Waals surface area contributed by atoms with Gasteiger partial charge in [-0.15, -0.1) is 0 Å². The van der Waals surface area contributed by atoms with Crippen LogP contribution in [0.15, 0.2) is 48.5 Å². The van der Waals surface area contributed by atoms with Gasteiger partial charge in [-0.2, -0.15) is 0 Å². The number of carbonyl (C=O) groups is 4. The normalized spacial score (nSPS) is 12.7. The number of hydrogen-bond donors (Lipinski definition) is 0. The van der Waals surface area contributed by atoms with Crippen LogP contribution in [0.2, 0.25) is 0 Å². The van der Waals surface area contributed by atoms with E-state index in [0.29, 0.717) is 71.2 Å². The molecule has 0 spiro atoms. The van der Waals surface area contributed by atoms with Crippen molar-refractivity contribution in [2.75, 3.05) is 47.8 Å². The molecule has 0 saturated carbocycles. The molecule has 0 fully saturated rings. The summed E-state index contributed by atoms with van der Waals surface area (Å²) in [7, 11) is 6.81. The molecule has 0 aromatic carbocycles. The summed E-state index contributed by atoms with van der Waals surface area (Å²) < 4.78 is 0. The molecular weight excluding hydrogens is 512 g/mol. The summed E-state index contributed by atoms with van der Waals surface area (Å²) in [5.41, 5.74) is 1.18. The molecule has 0 N–H and O–H groups in total. The predicted octanol–water partition coefficient (Wildman–Crippen LogP) is 3.90. The summed E-state index contributed by atoms with van der Waals surface area (Å²) >= 11 is 0. The second-order valence-corrected chi connectivity index (χ2v) is 9.04. The number of anilines is 8. The van der Waals surface area contributed by atoms with Crippen LogP contribution in [0.3, 0.4) is 0 Å². The molecule has 1 aliphatic rings. The van der Waals surface area contributed by atoms with Gasteiger partial charge in [0.2, 0.25) is 0 Å². The maximum atomic E-state index is 12.0. The molecule has 200 valence electrons. The van der Waals surface area contributed by atoms with Gasteiger partial charge in [-0.1, -0.05) is 0 Å². The van der Waals surface area contributed by atoms with Crippen molar-refractivity contribution in [1.29, 1.82) is 0 Å². The zero-order valence-corrected chi connectivity index (χ0v) is 22.1. The minimum atomic E-state index is 0.249. The number of fused-ring (bicyclic) bond motifs is 8. The van der Waals surface area contributed by atoms with Gasteiger partial charge in [0.15, 0.2) is 25.1 Å². The van der Waals surface area contributed by atoms with E-state index in [9.17, 15) is 19.2 Å². The molecule has 4 aromatic heterocycles. The molecule has 12 nitrogen and oxygen atoms in total. The first-order chi connectivity index (χ1) is 19.3. The number of aromatic nitrogens is 4. The maximum absolute atomic E-state index is 12.0. The highest BCUT2D eigenvalue weighted by molar-refractivity contribution is 5.91. The molecule has 5 heterocycles. The molecule has 0 atom stereocenters. The zero-order chi connectivity index (χ0) is 28.6. The third kappa shape index (κ3) is 4.30. The second-order valence-electron chi connectivity index (χ2n) is 9.04. The van der Waals surface area contributed by atoms with Crippen LogP contribution in [-0.2, 0) is 0 Å². The van der Waals surface area contributed by atoms with E-state index >= 15 is 0 Å². The smallest absolute Gasteiger partial charge is 0.153 e. The van der Waals surface area contributed by atoms with Crippen molar-refractivity contribution in [2.45, 2.75) is 0 Å². The van der Waals surface area contributed by atoms with E-state index in [4.69, 9.17) is 19.9 Å². The van der Waals surface area contributed by atoms with Gasteiger partial charge in [0.25, 0.3) is 0 Å². The highest BCUT2D eigenvalue weighted by Crippen LogP contribution is 2.35. The fraction of sp³-hybridized carbons (Fsp3) is 0.143. The molecule has 0 radical (unpaired) electrons. The van der Waals surface area contributed by atoms with Gasteiger partial charge < -0.3 is 19.6 Å². The van der Waals surface area contributed by atoms with E-state index in [1.165, 1.54) is 0 Å². The largest absolute Gasteiger partial charge is 0.314 e. The van der Waals surface area contributed by atoms with Crippen LogP contribution in [0.1, 0.15) is 41.4 Å². The Kier molecular flexibility index (Phi) is 6.74. The van der Waals surface area contributed by atoms with Gasteiger partial charge in [0.05, 0.1) is 22.3 Å². The van der Waals surface area contributed by atoms with Gasteiger partial charge in [-0.05, 0) is 48.5 Å². The second kappa shape index (κ2) is 10.3. The predicted molar refractivity (Wildman–Crippen MR) is 151 cm³/mol. The van der Waals surface area contributed by atoms with Crippen LogP contribution in [0, 0.1) is 0 Å². The minimum Gasteiger partial charge on any atom is -0.314 e. The minimum absolute atomic E-state index is 0.249. The Hall–Kier alpha value is -5.52. The van der Waals surface area contributed by atoms with Gasteiger partial charge >= 0.3 is 0 Å². The molecule has 4 aromatic rings. The average Bonchev–Trinajstić information content (AvgIpc) is 3.01. The standard InChI is InChI=1S/C28H24N8O4/c1-33-21-9-5-17(13-37)25(29-21)34(2)23-11-7-18(14-38)26(31-23)35(3)24-12-8-20(16-40)28(32-24)36(4)27-19(15-39)6-10-22(33)30-27/h5-16H,1-4H3. The van der Waals surface area contributed by atoms with E-state index in [2.05, 4.69) is 0 Å². The summed E-state index contributed by atoms with van der Waals surface area (Å²) in [6, 6.07) is 13.1. The first-order valence-electron chi connectivity index (χ1n) is 12.1. The van der Waals surface area contributed by atoms with Gasteiger partial charge in [-0.3, -0.25) is 19.2 Å². The van der Waals surface area contributed by atoms with Crippen molar-refractivity contribution in [3.63, 3.8) is 0 Å². The van der Waals surface area contributed by atoms with Crippen LogP contribution in [0.25, 0.3) is 0 Å². The van der Waals surface area contributed by atoms with Crippen LogP contribution in [0.4, 0.5) is 46.5 Å². The molecule has 5 rings (SSSR count). The molecule has 0 aliphatic carbocycles. The summed E-state index contributed by atoms with van der Waals surface area (Å²) in [6.07, 6.45) is 2.73. The number of rotatable bonds is 4. The monoisotopic (exact) mass is 536 g/mol. The fourth-order valence-electron chi connectivity index (χ4n) is 4.42. The Morgan fingerprint density at radius 3 is 0.925 bits per heavy atom. The molecule has 0 saturated heterocycles. The van der Waals surface area contributed by atoms with Gasteiger partial charge in [0, 0.05) is 28.2 Å². The summed E-state index contributed by atoms with van der Waals surface area (Å²) in [5.74, 6) is 2.87. The Balaban J connectivity index is 1.84. The summed E-state index contributed by atoms with van der Waals surface area (Å²) in [4.78, 5) is 73.3. The Bertz CT molecular complexity index is 1670. The van der Waals surface area contributed by atoms with Crippen molar-refractivity contribution in [2.24, 2.45) is 0 Å². The molecule has 40 heavy (non-hydrogen) atoms. The lowest BCUT2D eigenvalue weighted by atomic mass is 10.2. The lowest BCUT2D eigenvalue weighted by Gasteiger charge is -2.27. The van der Waals surface area contributed by atoms with Crippen molar-refractivity contribution in [3.05, 3.63) is 70.8 Å². The zero-order valence-electron chi connectivity index (χ0n) is 22.1. The molecular formula is C28H24N8O4. The number of hydrogen-bond acceptors (Lipinski definition) is 12. The van der Waals surface area contributed by atoms with Crippen molar-refractivity contribution < 1.29 is 19.2 Å². The Labute approximate surface area is 229 Å². The first kappa shape index (κ1) is 26.1. The van der Waals surface area contributed by atoms with Crippen LogP contribution in [-0.4, -0.2) is 73.3 Å². The van der Waals surface area contributed by atoms with E-state index < -0.39 is 0 Å². The summed E-state index contributed by atoms with van der Waals surface area (Å²) in [6.45, 7) is 0. The number of nitrogens with zero attached hydrogens (tertiary/aromatic N) is 8. The van der Waals surface area contributed by atoms with E-state index in [1.807, 2.05) is 0 Å². The fourth-order valence-corrected chi connectivity index (χ4v) is 4.42. The maximum Gasteiger partial charge on any atom is 0.153 e. The lowest BCUT2D eigenvalue weighted by Crippen LogP contribution is -2.23.